The second kappa shape index (κ2) is 10.2. The summed E-state index contributed by atoms with van der Waals surface area (Å²) < 4.78 is 8.47. The maximum atomic E-state index is 13.0. The maximum absolute atomic E-state index is 13.0. The molecule has 3 amide bonds. The number of ether oxygens (including phenoxy) is 1. The molecule has 40 heavy (non-hydrogen) atoms. The van der Waals surface area contributed by atoms with E-state index in [9.17, 15) is 14.4 Å². The SMILES string of the molecule is O=C1CCC(N2Cc3cc(O[C@H]4CCCC[C@H]4N4CC(c5ccc(-n6cccn6)cc5)C4)ccc3C2=O)C(=O)N1. The number of rotatable bonds is 6. The Morgan fingerprint density at radius 1 is 0.950 bits per heavy atom. The van der Waals surface area contributed by atoms with Crippen LogP contribution in [0.2, 0.25) is 0 Å². The van der Waals surface area contributed by atoms with Crippen molar-refractivity contribution in [3.05, 3.63) is 77.6 Å². The summed E-state index contributed by atoms with van der Waals surface area (Å²) in [5, 5.41) is 6.68. The molecule has 2 saturated heterocycles. The molecule has 206 valence electrons. The van der Waals surface area contributed by atoms with Gasteiger partial charge >= 0.3 is 0 Å². The first-order chi connectivity index (χ1) is 19.5. The Labute approximate surface area is 233 Å². The van der Waals surface area contributed by atoms with Crippen LogP contribution in [0, 0.1) is 0 Å². The lowest BCUT2D eigenvalue weighted by Crippen LogP contribution is -2.57. The third-order valence-electron chi connectivity index (χ3n) is 8.96. The molecule has 3 aromatic rings. The fraction of sp³-hybridized carbons (Fsp3) is 0.419. The molecule has 3 aliphatic heterocycles. The van der Waals surface area contributed by atoms with E-state index in [0.717, 1.165) is 49.4 Å². The average molecular weight is 540 g/mol. The Hall–Kier alpha value is -3.98. The van der Waals surface area contributed by atoms with E-state index in [1.165, 1.54) is 12.0 Å². The molecule has 9 heteroatoms. The number of likely N-dealkylation sites (tertiary alicyclic amines) is 1. The van der Waals surface area contributed by atoms with E-state index in [0.29, 0.717) is 30.5 Å². The van der Waals surface area contributed by atoms with Crippen molar-refractivity contribution in [3.63, 3.8) is 0 Å². The number of carbonyl (C=O) groups is 3. The number of hydrogen-bond acceptors (Lipinski definition) is 6. The molecule has 3 fully saturated rings. The topological polar surface area (TPSA) is 96.8 Å². The van der Waals surface area contributed by atoms with Crippen LogP contribution in [0.3, 0.4) is 0 Å². The van der Waals surface area contributed by atoms with Gasteiger partial charge in [-0.15, -0.1) is 0 Å². The lowest BCUT2D eigenvalue weighted by atomic mass is 9.84. The number of imide groups is 1. The highest BCUT2D eigenvalue weighted by Gasteiger charge is 2.41. The van der Waals surface area contributed by atoms with Crippen molar-refractivity contribution in [2.75, 3.05) is 13.1 Å². The minimum absolute atomic E-state index is 0.110. The fourth-order valence-electron chi connectivity index (χ4n) is 6.75. The van der Waals surface area contributed by atoms with Crippen LogP contribution in [0.5, 0.6) is 5.75 Å². The van der Waals surface area contributed by atoms with Gasteiger partial charge in [0.05, 0.1) is 5.69 Å². The standard InChI is InChI=1S/C31H33N5O4/c37-29-13-12-27(30(38)33-29)35-19-21-16-24(10-11-25(21)31(35)39)40-28-5-2-1-4-26(28)34-17-22(18-34)20-6-8-23(9-7-20)36-15-3-14-32-36/h3,6-11,14-16,22,26-28H,1-2,4-5,12-13,17-19H2,(H,33,37,38)/t26-,27?,28+/m1/s1. The molecular formula is C31H33N5O4. The molecule has 7 rings (SSSR count). The molecule has 1 N–H and O–H groups in total. The van der Waals surface area contributed by atoms with E-state index in [1.54, 1.807) is 11.1 Å². The number of benzene rings is 2. The molecule has 9 nitrogen and oxygen atoms in total. The van der Waals surface area contributed by atoms with Crippen molar-refractivity contribution in [2.24, 2.45) is 0 Å². The average Bonchev–Trinajstić information content (AvgIpc) is 3.58. The quantitative estimate of drug-likeness (QED) is 0.483. The lowest BCUT2D eigenvalue weighted by molar-refractivity contribution is -0.136. The molecule has 1 saturated carbocycles. The second-order valence-electron chi connectivity index (χ2n) is 11.4. The lowest BCUT2D eigenvalue weighted by Gasteiger charge is -2.48. The number of nitrogens with one attached hydrogen (secondary N) is 1. The maximum Gasteiger partial charge on any atom is 0.255 e. The van der Waals surface area contributed by atoms with Gasteiger partial charge in [0, 0.05) is 56.0 Å². The van der Waals surface area contributed by atoms with Crippen LogP contribution in [0.25, 0.3) is 5.69 Å². The number of aromatic nitrogens is 2. The summed E-state index contributed by atoms with van der Waals surface area (Å²) in [4.78, 5) is 41.1. The van der Waals surface area contributed by atoms with Crippen LogP contribution in [-0.4, -0.2) is 68.6 Å². The first-order valence-electron chi connectivity index (χ1n) is 14.3. The smallest absolute Gasteiger partial charge is 0.255 e. The van der Waals surface area contributed by atoms with E-state index in [4.69, 9.17) is 4.74 Å². The van der Waals surface area contributed by atoms with Gasteiger partial charge in [-0.05, 0) is 73.2 Å². The Kier molecular flexibility index (Phi) is 6.38. The van der Waals surface area contributed by atoms with Crippen LogP contribution in [0.4, 0.5) is 0 Å². The molecule has 0 spiro atoms. The first kappa shape index (κ1) is 25.0. The van der Waals surface area contributed by atoms with Crippen LogP contribution in [0.15, 0.2) is 60.9 Å². The molecule has 3 atom stereocenters. The predicted octanol–water partition coefficient (Wildman–Crippen LogP) is 3.42. The van der Waals surface area contributed by atoms with Gasteiger partial charge in [0.2, 0.25) is 11.8 Å². The molecular weight excluding hydrogens is 506 g/mol. The molecule has 4 heterocycles. The summed E-state index contributed by atoms with van der Waals surface area (Å²) in [7, 11) is 0. The molecule has 1 unspecified atom stereocenters. The minimum atomic E-state index is -0.606. The fourth-order valence-corrected chi connectivity index (χ4v) is 6.75. The Morgan fingerprint density at radius 3 is 2.55 bits per heavy atom. The van der Waals surface area contributed by atoms with Crippen LogP contribution < -0.4 is 10.1 Å². The molecule has 1 aromatic heterocycles. The monoisotopic (exact) mass is 539 g/mol. The Balaban J connectivity index is 0.992. The zero-order chi connectivity index (χ0) is 27.2. The van der Waals surface area contributed by atoms with Gasteiger partial charge in [0.25, 0.3) is 5.91 Å². The zero-order valence-corrected chi connectivity index (χ0v) is 22.4. The van der Waals surface area contributed by atoms with Crippen LogP contribution in [0.1, 0.15) is 65.9 Å². The highest BCUT2D eigenvalue weighted by molar-refractivity contribution is 6.05. The van der Waals surface area contributed by atoms with Crippen molar-refractivity contribution in [1.29, 1.82) is 0 Å². The third-order valence-corrected chi connectivity index (χ3v) is 8.96. The molecule has 0 radical (unpaired) electrons. The molecule has 0 bridgehead atoms. The number of nitrogens with zero attached hydrogens (tertiary/aromatic N) is 4. The van der Waals surface area contributed by atoms with E-state index in [2.05, 4.69) is 39.6 Å². The predicted molar refractivity (Wildman–Crippen MR) is 147 cm³/mol. The summed E-state index contributed by atoms with van der Waals surface area (Å²) in [6.07, 6.45) is 8.98. The first-order valence-corrected chi connectivity index (χ1v) is 14.3. The summed E-state index contributed by atoms with van der Waals surface area (Å²) in [6.45, 7) is 2.43. The van der Waals surface area contributed by atoms with Crippen molar-refractivity contribution in [1.82, 2.24) is 24.9 Å². The van der Waals surface area contributed by atoms with Crippen molar-refractivity contribution in [2.45, 2.75) is 69.2 Å². The third kappa shape index (κ3) is 4.58. The molecule has 2 aromatic carbocycles. The van der Waals surface area contributed by atoms with Crippen molar-refractivity contribution >= 4 is 17.7 Å². The Morgan fingerprint density at radius 2 is 1.77 bits per heavy atom. The second-order valence-corrected chi connectivity index (χ2v) is 11.4. The summed E-state index contributed by atoms with van der Waals surface area (Å²) in [5.74, 6) is 0.481. The number of piperidine rings is 1. The minimum Gasteiger partial charge on any atom is -0.489 e. The normalized spacial score (nSPS) is 25.4. The number of amides is 3. The number of hydrogen-bond donors (Lipinski definition) is 1. The van der Waals surface area contributed by atoms with Crippen LogP contribution >= 0.6 is 0 Å². The van der Waals surface area contributed by atoms with E-state index < -0.39 is 6.04 Å². The molecule has 1 aliphatic carbocycles. The van der Waals surface area contributed by atoms with Crippen molar-refractivity contribution < 1.29 is 19.1 Å². The van der Waals surface area contributed by atoms with Crippen LogP contribution in [-0.2, 0) is 16.1 Å². The molecule has 4 aliphatic rings. The zero-order valence-electron chi connectivity index (χ0n) is 22.4. The summed E-state index contributed by atoms with van der Waals surface area (Å²) in [5.41, 5.74) is 3.93. The summed E-state index contributed by atoms with van der Waals surface area (Å²) >= 11 is 0. The Bertz CT molecular complexity index is 1430. The highest BCUT2D eigenvalue weighted by Crippen LogP contribution is 2.37. The van der Waals surface area contributed by atoms with Gasteiger partial charge in [-0.3, -0.25) is 24.6 Å². The van der Waals surface area contributed by atoms with Crippen molar-refractivity contribution in [3.8, 4) is 11.4 Å². The van der Waals surface area contributed by atoms with Gasteiger partial charge < -0.3 is 9.64 Å². The summed E-state index contributed by atoms with van der Waals surface area (Å²) in [6, 6.07) is 16.1. The van der Waals surface area contributed by atoms with Gasteiger partial charge in [-0.25, -0.2) is 4.68 Å². The van der Waals surface area contributed by atoms with Gasteiger partial charge in [0.1, 0.15) is 17.9 Å². The largest absolute Gasteiger partial charge is 0.489 e. The number of carbonyl (C=O) groups excluding carboxylic acids is 3. The van der Waals surface area contributed by atoms with E-state index >= 15 is 0 Å². The van der Waals surface area contributed by atoms with Gasteiger partial charge in [0.15, 0.2) is 0 Å². The van der Waals surface area contributed by atoms with Gasteiger partial charge in [-0.1, -0.05) is 18.6 Å². The highest BCUT2D eigenvalue weighted by atomic mass is 16.5. The van der Waals surface area contributed by atoms with E-state index in [1.807, 2.05) is 35.1 Å². The van der Waals surface area contributed by atoms with Gasteiger partial charge in [-0.2, -0.15) is 5.10 Å². The number of fused-ring (bicyclic) bond motifs is 1. The van der Waals surface area contributed by atoms with E-state index in [-0.39, 0.29) is 30.2 Å².